The van der Waals surface area contributed by atoms with Crippen LogP contribution in [0.2, 0.25) is 0 Å². The van der Waals surface area contributed by atoms with Crippen LogP contribution in [0.5, 0.6) is 0 Å². The quantitative estimate of drug-likeness (QED) is 0.818. The van der Waals surface area contributed by atoms with E-state index >= 15 is 0 Å². The molecular formula is C13H24N2S. The van der Waals surface area contributed by atoms with Crippen LogP contribution in [-0.2, 0) is 6.42 Å². The number of hydrogen-bond donors (Lipinski definition) is 1. The van der Waals surface area contributed by atoms with Crippen molar-refractivity contribution < 1.29 is 0 Å². The first-order chi connectivity index (χ1) is 7.58. The van der Waals surface area contributed by atoms with Gasteiger partial charge in [0.15, 0.2) is 0 Å². The summed E-state index contributed by atoms with van der Waals surface area (Å²) in [6.45, 7) is 11.2. The molecule has 1 rings (SSSR count). The first-order valence-corrected chi connectivity index (χ1v) is 7.10. The molecule has 1 N–H and O–H groups in total. The molecule has 0 spiro atoms. The summed E-state index contributed by atoms with van der Waals surface area (Å²) in [7, 11) is 0. The number of aryl methyl sites for hydroxylation is 1. The van der Waals surface area contributed by atoms with Crippen LogP contribution in [0.3, 0.4) is 0 Å². The van der Waals surface area contributed by atoms with Crippen LogP contribution >= 0.6 is 11.3 Å². The van der Waals surface area contributed by atoms with Crippen molar-refractivity contribution in [3.63, 3.8) is 0 Å². The third kappa shape index (κ3) is 3.56. The molecule has 1 aromatic heterocycles. The molecule has 0 aliphatic heterocycles. The lowest BCUT2D eigenvalue weighted by atomic mass is 10.0. The minimum atomic E-state index is 0.370. The molecule has 0 aliphatic carbocycles. The fourth-order valence-corrected chi connectivity index (χ4v) is 2.54. The first kappa shape index (κ1) is 13.7. The van der Waals surface area contributed by atoms with Crippen molar-refractivity contribution in [3.05, 3.63) is 16.1 Å². The molecular weight excluding hydrogens is 216 g/mol. The third-order valence-corrected chi connectivity index (χ3v) is 4.63. The Kier molecular flexibility index (Phi) is 5.42. The Hall–Kier alpha value is -0.410. The molecule has 0 amide bonds. The summed E-state index contributed by atoms with van der Waals surface area (Å²) in [6.07, 6.45) is 4.32. The van der Waals surface area contributed by atoms with Gasteiger partial charge < -0.3 is 5.32 Å². The second-order valence-corrected chi connectivity index (χ2v) is 5.73. The molecule has 0 fully saturated rings. The highest BCUT2D eigenvalue weighted by molar-refractivity contribution is 7.11. The summed E-state index contributed by atoms with van der Waals surface area (Å²) in [5.41, 5.74) is 0. The van der Waals surface area contributed by atoms with Gasteiger partial charge in [-0.3, -0.25) is 0 Å². The van der Waals surface area contributed by atoms with Gasteiger partial charge in [0.25, 0.3) is 0 Å². The maximum Gasteiger partial charge on any atom is 0.109 e. The summed E-state index contributed by atoms with van der Waals surface area (Å²) in [4.78, 5) is 5.86. The van der Waals surface area contributed by atoms with Crippen LogP contribution in [-0.4, -0.2) is 11.0 Å². The van der Waals surface area contributed by atoms with E-state index in [-0.39, 0.29) is 0 Å². The summed E-state index contributed by atoms with van der Waals surface area (Å²) >= 11 is 1.83. The largest absolute Gasteiger partial charge is 0.305 e. The zero-order chi connectivity index (χ0) is 12.1. The Morgan fingerprint density at radius 2 is 2.00 bits per heavy atom. The maximum atomic E-state index is 4.48. The van der Waals surface area contributed by atoms with Crippen molar-refractivity contribution in [2.75, 3.05) is 0 Å². The number of rotatable bonds is 6. The second-order valence-electron chi connectivity index (χ2n) is 4.58. The van der Waals surface area contributed by atoms with E-state index < -0.39 is 0 Å². The molecule has 16 heavy (non-hydrogen) atoms. The van der Waals surface area contributed by atoms with Crippen molar-refractivity contribution in [2.45, 2.75) is 59.5 Å². The van der Waals surface area contributed by atoms with Crippen molar-refractivity contribution in [3.8, 4) is 0 Å². The Balaban J connectivity index is 2.54. The monoisotopic (exact) mass is 240 g/mol. The summed E-state index contributed by atoms with van der Waals surface area (Å²) in [6, 6.07) is 0.920. The second kappa shape index (κ2) is 6.36. The predicted molar refractivity (Wildman–Crippen MR) is 72.0 cm³/mol. The molecule has 1 heterocycles. The predicted octanol–water partition coefficient (Wildman–Crippen LogP) is 3.79. The molecule has 3 heteroatoms. The lowest BCUT2D eigenvalue weighted by Gasteiger charge is -2.23. The molecule has 0 saturated carbocycles. The smallest absolute Gasteiger partial charge is 0.109 e. The van der Waals surface area contributed by atoms with E-state index in [9.17, 15) is 0 Å². The standard InChI is InChI=1S/C13H24N2S/c1-6-9(3)10(4)15-11(5)13-14-8-12(7-2)16-13/h8-11,15H,6-7H2,1-5H3. The van der Waals surface area contributed by atoms with Crippen molar-refractivity contribution in [1.29, 1.82) is 0 Å². The minimum Gasteiger partial charge on any atom is -0.305 e. The van der Waals surface area contributed by atoms with Crippen molar-refractivity contribution >= 4 is 11.3 Å². The van der Waals surface area contributed by atoms with Gasteiger partial charge in [-0.2, -0.15) is 0 Å². The van der Waals surface area contributed by atoms with Crippen LogP contribution in [0.25, 0.3) is 0 Å². The van der Waals surface area contributed by atoms with Gasteiger partial charge in [0.05, 0.1) is 6.04 Å². The average molecular weight is 240 g/mol. The van der Waals surface area contributed by atoms with Crippen LogP contribution in [0.15, 0.2) is 6.20 Å². The van der Waals surface area contributed by atoms with Crippen LogP contribution in [0.1, 0.15) is 57.0 Å². The molecule has 0 radical (unpaired) electrons. The van der Waals surface area contributed by atoms with Gasteiger partial charge in [0.2, 0.25) is 0 Å². The van der Waals surface area contributed by atoms with Crippen LogP contribution < -0.4 is 5.32 Å². The number of thiazole rings is 1. The Morgan fingerprint density at radius 3 is 2.50 bits per heavy atom. The van der Waals surface area contributed by atoms with Gasteiger partial charge in [0.1, 0.15) is 5.01 Å². The summed E-state index contributed by atoms with van der Waals surface area (Å²) in [5, 5.41) is 4.85. The van der Waals surface area contributed by atoms with E-state index in [2.05, 4.69) is 44.9 Å². The van der Waals surface area contributed by atoms with Gasteiger partial charge in [-0.25, -0.2) is 4.98 Å². The average Bonchev–Trinajstić information content (AvgIpc) is 2.76. The van der Waals surface area contributed by atoms with Gasteiger partial charge in [-0.1, -0.05) is 27.2 Å². The fraction of sp³-hybridized carbons (Fsp3) is 0.769. The number of hydrogen-bond acceptors (Lipinski definition) is 3. The van der Waals surface area contributed by atoms with E-state index in [0.29, 0.717) is 18.0 Å². The van der Waals surface area contributed by atoms with Gasteiger partial charge in [-0.15, -0.1) is 11.3 Å². The van der Waals surface area contributed by atoms with Crippen LogP contribution in [0.4, 0.5) is 0 Å². The lowest BCUT2D eigenvalue weighted by Crippen LogP contribution is -2.33. The highest BCUT2D eigenvalue weighted by Gasteiger charge is 2.16. The minimum absolute atomic E-state index is 0.370. The van der Waals surface area contributed by atoms with Crippen molar-refractivity contribution in [1.82, 2.24) is 10.3 Å². The van der Waals surface area contributed by atoms with Crippen molar-refractivity contribution in [2.24, 2.45) is 5.92 Å². The molecule has 1 aromatic rings. The molecule has 2 nitrogen and oxygen atoms in total. The molecule has 0 bridgehead atoms. The Labute approximate surface area is 103 Å². The zero-order valence-corrected chi connectivity index (χ0v) is 11.9. The fourth-order valence-electron chi connectivity index (χ4n) is 1.67. The van der Waals surface area contributed by atoms with Gasteiger partial charge >= 0.3 is 0 Å². The third-order valence-electron chi connectivity index (χ3n) is 3.30. The molecule has 3 atom stereocenters. The van der Waals surface area contributed by atoms with E-state index in [4.69, 9.17) is 0 Å². The number of aromatic nitrogens is 1. The topological polar surface area (TPSA) is 24.9 Å². The van der Waals surface area contributed by atoms with E-state index in [1.54, 1.807) is 0 Å². The van der Waals surface area contributed by atoms with E-state index in [1.807, 2.05) is 17.5 Å². The normalized spacial score (nSPS) is 17.1. The highest BCUT2D eigenvalue weighted by Crippen LogP contribution is 2.21. The SMILES string of the molecule is CCc1cnc(C(C)NC(C)C(C)CC)s1. The number of nitrogens with one attached hydrogen (secondary N) is 1. The Bertz CT molecular complexity index is 309. The Morgan fingerprint density at radius 1 is 1.31 bits per heavy atom. The van der Waals surface area contributed by atoms with Gasteiger partial charge in [-0.05, 0) is 26.2 Å². The lowest BCUT2D eigenvalue weighted by molar-refractivity contribution is 0.360. The first-order valence-electron chi connectivity index (χ1n) is 6.29. The summed E-state index contributed by atoms with van der Waals surface area (Å²) < 4.78 is 0. The molecule has 0 aliphatic rings. The zero-order valence-electron chi connectivity index (χ0n) is 11.1. The molecule has 3 unspecified atom stereocenters. The highest BCUT2D eigenvalue weighted by atomic mass is 32.1. The van der Waals surface area contributed by atoms with E-state index in [1.165, 1.54) is 16.3 Å². The van der Waals surface area contributed by atoms with Crippen LogP contribution in [0, 0.1) is 5.92 Å². The molecule has 0 saturated heterocycles. The maximum absolute atomic E-state index is 4.48. The van der Waals surface area contributed by atoms with E-state index in [0.717, 1.165) is 6.42 Å². The molecule has 0 aromatic carbocycles. The molecule has 92 valence electrons. The van der Waals surface area contributed by atoms with Gasteiger partial charge in [0, 0.05) is 17.1 Å². The summed E-state index contributed by atoms with van der Waals surface area (Å²) in [5.74, 6) is 0.716. The number of nitrogens with zero attached hydrogens (tertiary/aromatic N) is 1.